The third kappa shape index (κ3) is 3.64. The van der Waals surface area contributed by atoms with Gasteiger partial charge in [0.05, 0.1) is 17.7 Å². The molecule has 0 unspecified atom stereocenters. The highest BCUT2D eigenvalue weighted by molar-refractivity contribution is 8.18. The molecule has 2 aliphatic heterocycles. The summed E-state index contributed by atoms with van der Waals surface area (Å²) in [7, 11) is 1.58. The number of amidine groups is 1. The summed E-state index contributed by atoms with van der Waals surface area (Å²) < 4.78 is 16.2. The maximum atomic E-state index is 12.4. The minimum Gasteiger partial charge on any atom is -0.496 e. The Labute approximate surface area is 161 Å². The van der Waals surface area contributed by atoms with Gasteiger partial charge < -0.3 is 19.5 Å². The Bertz CT molecular complexity index is 977. The van der Waals surface area contributed by atoms with Gasteiger partial charge in [-0.2, -0.15) is 0 Å². The van der Waals surface area contributed by atoms with Crippen molar-refractivity contribution in [2.45, 2.75) is 13.8 Å². The number of carbonyl (C=O) groups is 1. The van der Waals surface area contributed by atoms with Crippen LogP contribution in [0.4, 0.5) is 5.69 Å². The maximum Gasteiger partial charge on any atom is 0.264 e. The van der Waals surface area contributed by atoms with E-state index in [2.05, 4.69) is 16.4 Å². The van der Waals surface area contributed by atoms with Crippen LogP contribution in [0.15, 0.2) is 40.2 Å². The molecule has 1 N–H and O–H groups in total. The van der Waals surface area contributed by atoms with Crippen molar-refractivity contribution in [3.8, 4) is 17.2 Å². The van der Waals surface area contributed by atoms with Crippen molar-refractivity contribution >= 4 is 34.6 Å². The minimum atomic E-state index is -0.192. The molecular weight excluding hydrogens is 364 g/mol. The number of aliphatic imine (C=N–C) groups is 1. The summed E-state index contributed by atoms with van der Waals surface area (Å²) in [6, 6.07) is 9.61. The summed E-state index contributed by atoms with van der Waals surface area (Å²) in [5.41, 5.74) is 3.82. The van der Waals surface area contributed by atoms with Gasteiger partial charge in [0, 0.05) is 11.6 Å². The van der Waals surface area contributed by atoms with Gasteiger partial charge in [-0.15, -0.1) is 0 Å². The van der Waals surface area contributed by atoms with Crippen molar-refractivity contribution in [2.24, 2.45) is 4.99 Å². The van der Waals surface area contributed by atoms with E-state index in [0.29, 0.717) is 27.3 Å². The zero-order valence-electron chi connectivity index (χ0n) is 15.2. The largest absolute Gasteiger partial charge is 0.496 e. The SMILES string of the molecule is COc1cc2c(cc1C=C1SC(=Nc3cc(C)cc(C)c3)NC1=O)OCO2. The Kier molecular flexibility index (Phi) is 4.53. The summed E-state index contributed by atoms with van der Waals surface area (Å²) in [5, 5.41) is 3.36. The Morgan fingerprint density at radius 2 is 1.81 bits per heavy atom. The van der Waals surface area contributed by atoms with Gasteiger partial charge in [-0.3, -0.25) is 4.79 Å². The van der Waals surface area contributed by atoms with Crippen LogP contribution in [0, 0.1) is 13.8 Å². The van der Waals surface area contributed by atoms with E-state index in [1.165, 1.54) is 11.8 Å². The molecule has 0 aliphatic carbocycles. The fourth-order valence-corrected chi connectivity index (χ4v) is 3.82. The van der Waals surface area contributed by atoms with Crippen molar-refractivity contribution in [3.63, 3.8) is 0 Å². The number of nitrogens with one attached hydrogen (secondary N) is 1. The van der Waals surface area contributed by atoms with Crippen LogP contribution in [0.5, 0.6) is 17.2 Å². The van der Waals surface area contributed by atoms with E-state index >= 15 is 0 Å². The number of thioether (sulfide) groups is 1. The van der Waals surface area contributed by atoms with Crippen molar-refractivity contribution in [1.82, 2.24) is 5.32 Å². The summed E-state index contributed by atoms with van der Waals surface area (Å²) >= 11 is 1.30. The van der Waals surface area contributed by atoms with E-state index in [9.17, 15) is 4.79 Å². The third-order valence-electron chi connectivity index (χ3n) is 4.10. The summed E-state index contributed by atoms with van der Waals surface area (Å²) in [5.74, 6) is 1.69. The smallest absolute Gasteiger partial charge is 0.264 e. The van der Waals surface area contributed by atoms with Crippen LogP contribution >= 0.6 is 11.8 Å². The van der Waals surface area contributed by atoms with Gasteiger partial charge in [-0.05, 0) is 61.0 Å². The number of rotatable bonds is 3. The number of benzene rings is 2. The van der Waals surface area contributed by atoms with Gasteiger partial charge in [-0.25, -0.2) is 4.99 Å². The van der Waals surface area contributed by atoms with Crippen LogP contribution in [0.3, 0.4) is 0 Å². The molecule has 7 heteroatoms. The lowest BCUT2D eigenvalue weighted by atomic mass is 10.1. The molecule has 0 saturated carbocycles. The molecular formula is C20H18N2O4S. The average molecular weight is 382 g/mol. The van der Waals surface area contributed by atoms with E-state index in [0.717, 1.165) is 22.4 Å². The summed E-state index contributed by atoms with van der Waals surface area (Å²) in [4.78, 5) is 17.5. The second-order valence-corrected chi connectivity index (χ2v) is 7.31. The fraction of sp³-hybridized carbons (Fsp3) is 0.200. The van der Waals surface area contributed by atoms with Gasteiger partial charge in [-0.1, -0.05) is 6.07 Å². The lowest BCUT2D eigenvalue weighted by Crippen LogP contribution is -2.19. The lowest BCUT2D eigenvalue weighted by Gasteiger charge is -2.06. The number of methoxy groups -OCH3 is 1. The monoisotopic (exact) mass is 382 g/mol. The summed E-state index contributed by atoms with van der Waals surface area (Å²) in [6.45, 7) is 4.23. The standard InChI is InChI=1S/C20H18N2O4S/c1-11-4-12(2)6-14(5-11)21-20-22-19(23)18(27-20)8-13-7-16-17(26-10-25-16)9-15(13)24-3/h4-9H,10H2,1-3H3,(H,21,22,23). The number of ether oxygens (including phenoxy) is 3. The molecule has 2 aromatic rings. The van der Waals surface area contributed by atoms with Crippen LogP contribution in [0.1, 0.15) is 16.7 Å². The Morgan fingerprint density at radius 3 is 2.52 bits per heavy atom. The average Bonchev–Trinajstić information content (AvgIpc) is 3.19. The van der Waals surface area contributed by atoms with Crippen molar-refractivity contribution in [3.05, 3.63) is 51.9 Å². The van der Waals surface area contributed by atoms with Gasteiger partial charge in [0.25, 0.3) is 5.91 Å². The maximum absolute atomic E-state index is 12.4. The zero-order valence-corrected chi connectivity index (χ0v) is 16.0. The molecule has 0 spiro atoms. The Hall–Kier alpha value is -2.93. The van der Waals surface area contributed by atoms with Gasteiger partial charge in [0.1, 0.15) is 5.75 Å². The first kappa shape index (κ1) is 17.5. The molecule has 0 radical (unpaired) electrons. The number of amides is 1. The molecule has 2 aliphatic rings. The number of carbonyl (C=O) groups excluding carboxylic acids is 1. The van der Waals surface area contributed by atoms with Crippen molar-refractivity contribution < 1.29 is 19.0 Å². The predicted molar refractivity (Wildman–Crippen MR) is 106 cm³/mol. The quantitative estimate of drug-likeness (QED) is 0.815. The Balaban J connectivity index is 1.64. The van der Waals surface area contributed by atoms with Crippen molar-refractivity contribution in [1.29, 1.82) is 0 Å². The first-order valence-corrected chi connectivity index (χ1v) is 9.19. The number of fused-ring (bicyclic) bond motifs is 1. The van der Waals surface area contributed by atoms with E-state index in [-0.39, 0.29) is 12.7 Å². The number of aryl methyl sites for hydroxylation is 2. The molecule has 138 valence electrons. The number of hydrogen-bond acceptors (Lipinski definition) is 6. The molecule has 0 aromatic heterocycles. The fourth-order valence-electron chi connectivity index (χ4n) is 2.98. The van der Waals surface area contributed by atoms with E-state index < -0.39 is 0 Å². The van der Waals surface area contributed by atoms with Crippen LogP contribution in [-0.2, 0) is 4.79 Å². The molecule has 1 saturated heterocycles. The number of nitrogens with zero attached hydrogens (tertiary/aromatic N) is 1. The molecule has 0 atom stereocenters. The molecule has 2 aromatic carbocycles. The van der Waals surface area contributed by atoms with Gasteiger partial charge in [0.15, 0.2) is 16.7 Å². The molecule has 27 heavy (non-hydrogen) atoms. The Morgan fingerprint density at radius 1 is 1.11 bits per heavy atom. The highest BCUT2D eigenvalue weighted by atomic mass is 32.2. The van der Waals surface area contributed by atoms with E-state index in [1.54, 1.807) is 25.3 Å². The highest BCUT2D eigenvalue weighted by Gasteiger charge is 2.25. The zero-order chi connectivity index (χ0) is 19.0. The minimum absolute atomic E-state index is 0.181. The van der Waals surface area contributed by atoms with Crippen LogP contribution < -0.4 is 19.5 Å². The van der Waals surface area contributed by atoms with Gasteiger partial charge in [0.2, 0.25) is 6.79 Å². The molecule has 2 heterocycles. The van der Waals surface area contributed by atoms with Crippen LogP contribution in [-0.4, -0.2) is 25.0 Å². The molecule has 1 amide bonds. The predicted octanol–water partition coefficient (Wildman–Crippen LogP) is 3.93. The summed E-state index contributed by atoms with van der Waals surface area (Å²) in [6.07, 6.45) is 1.77. The van der Waals surface area contributed by atoms with Gasteiger partial charge >= 0.3 is 0 Å². The first-order valence-electron chi connectivity index (χ1n) is 8.37. The molecule has 6 nitrogen and oxygen atoms in total. The van der Waals surface area contributed by atoms with Crippen LogP contribution in [0.25, 0.3) is 6.08 Å². The highest BCUT2D eigenvalue weighted by Crippen LogP contribution is 2.40. The molecule has 0 bridgehead atoms. The molecule has 4 rings (SSSR count). The van der Waals surface area contributed by atoms with E-state index in [4.69, 9.17) is 14.2 Å². The normalized spacial score (nSPS) is 18.3. The van der Waals surface area contributed by atoms with Crippen molar-refractivity contribution in [2.75, 3.05) is 13.9 Å². The second kappa shape index (κ2) is 7.00. The number of hydrogen-bond donors (Lipinski definition) is 1. The lowest BCUT2D eigenvalue weighted by molar-refractivity contribution is -0.115. The second-order valence-electron chi connectivity index (χ2n) is 6.28. The molecule has 1 fully saturated rings. The topological polar surface area (TPSA) is 69.2 Å². The first-order chi connectivity index (χ1) is 13.0. The van der Waals surface area contributed by atoms with Crippen LogP contribution in [0.2, 0.25) is 0 Å². The third-order valence-corrected chi connectivity index (χ3v) is 5.01. The van der Waals surface area contributed by atoms with E-state index in [1.807, 2.05) is 26.0 Å².